The van der Waals surface area contributed by atoms with Crippen LogP contribution in [0.1, 0.15) is 50.3 Å². The molecule has 0 spiro atoms. The molecular weight excluding hydrogens is 367 g/mol. The van der Waals surface area contributed by atoms with Crippen molar-refractivity contribution < 1.29 is 9.13 Å². The summed E-state index contributed by atoms with van der Waals surface area (Å²) in [6.07, 6.45) is 2.88. The van der Waals surface area contributed by atoms with Crippen molar-refractivity contribution in [2.75, 3.05) is 25.0 Å². The van der Waals surface area contributed by atoms with Gasteiger partial charge in [-0.05, 0) is 44.4 Å². The Morgan fingerprint density at radius 3 is 2.76 bits per heavy atom. The molecule has 156 valence electrons. The van der Waals surface area contributed by atoms with Crippen LogP contribution < -0.4 is 15.8 Å². The van der Waals surface area contributed by atoms with E-state index in [1.54, 1.807) is 13.8 Å². The number of rotatable bonds is 6. The first-order chi connectivity index (χ1) is 13.9. The molecule has 0 saturated carbocycles. The quantitative estimate of drug-likeness (QED) is 0.773. The Bertz CT molecular complexity index is 836. The molecule has 1 aromatic carbocycles. The summed E-state index contributed by atoms with van der Waals surface area (Å²) in [5.41, 5.74) is 7.87. The molecule has 0 amide bonds. The summed E-state index contributed by atoms with van der Waals surface area (Å²) in [4.78, 5) is 6.79. The zero-order valence-corrected chi connectivity index (χ0v) is 17.4. The Morgan fingerprint density at radius 1 is 1.28 bits per heavy atom. The van der Waals surface area contributed by atoms with Gasteiger partial charge in [-0.25, -0.2) is 9.37 Å². The number of halogens is 1. The van der Waals surface area contributed by atoms with Crippen LogP contribution in [0.2, 0.25) is 0 Å². The Hall–Kier alpha value is -2.18. The number of aromatic nitrogens is 1. The van der Waals surface area contributed by atoms with Crippen molar-refractivity contribution in [1.29, 1.82) is 0 Å². The number of ether oxygens (including phenoxy) is 1. The minimum absolute atomic E-state index is 0.0298. The zero-order chi connectivity index (χ0) is 20.6. The van der Waals surface area contributed by atoms with Gasteiger partial charge in [0.25, 0.3) is 0 Å². The molecule has 0 bridgehead atoms. The molecule has 3 heterocycles. The number of anilines is 1. The smallest absolute Gasteiger partial charge is 0.213 e. The summed E-state index contributed by atoms with van der Waals surface area (Å²) in [5.74, 6) is 0.970. The second-order valence-corrected chi connectivity index (χ2v) is 8.85. The number of benzene rings is 1. The third-order valence-electron chi connectivity index (χ3n) is 6.00. The van der Waals surface area contributed by atoms with Gasteiger partial charge in [0, 0.05) is 43.0 Å². The lowest BCUT2D eigenvalue weighted by molar-refractivity contribution is 0.0221. The van der Waals surface area contributed by atoms with Crippen LogP contribution in [0, 0.1) is 0 Å². The van der Waals surface area contributed by atoms with E-state index in [0.717, 1.165) is 12.0 Å². The second kappa shape index (κ2) is 7.92. The number of likely N-dealkylation sites (tertiary alicyclic amines) is 1. The number of para-hydroxylation sites is 1. The maximum atomic E-state index is 14.7. The number of piperidine rings is 1. The van der Waals surface area contributed by atoms with Crippen molar-refractivity contribution in [1.82, 2.24) is 9.88 Å². The average molecular weight is 399 g/mol. The summed E-state index contributed by atoms with van der Waals surface area (Å²) < 4.78 is 20.3. The fraction of sp³-hybridized carbons (Fsp3) is 0.522. The molecule has 2 aliphatic heterocycles. The lowest BCUT2D eigenvalue weighted by Gasteiger charge is -2.48. The lowest BCUT2D eigenvalue weighted by atomic mass is 9.78. The van der Waals surface area contributed by atoms with Crippen molar-refractivity contribution in [2.45, 2.75) is 56.9 Å². The maximum Gasteiger partial charge on any atom is 0.213 e. The monoisotopic (exact) mass is 398 g/mol. The Kier molecular flexibility index (Phi) is 5.49. The molecule has 5 nitrogen and oxygen atoms in total. The number of hydrogen-bond acceptors (Lipinski definition) is 5. The summed E-state index contributed by atoms with van der Waals surface area (Å²) >= 11 is 0. The fourth-order valence-electron chi connectivity index (χ4n) is 4.88. The molecule has 1 fully saturated rings. The molecule has 3 N–H and O–H groups in total. The van der Waals surface area contributed by atoms with Crippen LogP contribution in [-0.2, 0) is 0 Å². The molecule has 0 aliphatic carbocycles. The van der Waals surface area contributed by atoms with Gasteiger partial charge in [0.15, 0.2) is 0 Å². The summed E-state index contributed by atoms with van der Waals surface area (Å²) in [6, 6.07) is 12.9. The number of hydrogen-bond donors (Lipinski definition) is 2. The summed E-state index contributed by atoms with van der Waals surface area (Å²) in [5, 5.41) is 3.73. The van der Waals surface area contributed by atoms with Gasteiger partial charge in [0.2, 0.25) is 5.88 Å². The fourth-order valence-corrected chi connectivity index (χ4v) is 4.88. The molecule has 1 aromatic heterocycles. The average Bonchev–Trinajstić information content (AvgIpc) is 3.04. The predicted molar refractivity (Wildman–Crippen MR) is 114 cm³/mol. The largest absolute Gasteiger partial charge is 0.476 e. The van der Waals surface area contributed by atoms with Crippen molar-refractivity contribution >= 4 is 5.69 Å². The first-order valence-corrected chi connectivity index (χ1v) is 10.5. The van der Waals surface area contributed by atoms with Gasteiger partial charge < -0.3 is 15.8 Å². The lowest BCUT2D eigenvalue weighted by Crippen LogP contribution is -2.54. The summed E-state index contributed by atoms with van der Waals surface area (Å²) in [6.45, 7) is 6.79. The van der Waals surface area contributed by atoms with Gasteiger partial charge >= 0.3 is 0 Å². The standard InChI is InChI=1S/C23H31FN4O/c1-15-12-18-17-6-4-5-7-19(17)27-21(18)22(28(15)14-23(2,3)24)16-8-9-20(26-13-16)29-11-10-25/h4-9,13,15,18,21-22,27H,10-12,14,25H2,1-3H3/t15-,18?,21?,22-/m1/s1. The first-order valence-electron chi connectivity index (χ1n) is 10.5. The Labute approximate surface area is 172 Å². The van der Waals surface area contributed by atoms with Crippen LogP contribution in [0.15, 0.2) is 42.6 Å². The molecule has 4 atom stereocenters. The van der Waals surface area contributed by atoms with Crippen LogP contribution in [-0.4, -0.2) is 47.3 Å². The van der Waals surface area contributed by atoms with E-state index in [1.807, 2.05) is 12.3 Å². The molecular formula is C23H31FN4O. The predicted octanol–water partition coefficient (Wildman–Crippen LogP) is 3.88. The van der Waals surface area contributed by atoms with Crippen molar-refractivity contribution in [2.24, 2.45) is 5.73 Å². The number of nitrogens with two attached hydrogens (primary N) is 1. The molecule has 0 radical (unpaired) electrons. The van der Waals surface area contributed by atoms with E-state index in [4.69, 9.17) is 10.5 Å². The maximum absolute atomic E-state index is 14.7. The molecule has 6 heteroatoms. The van der Waals surface area contributed by atoms with E-state index < -0.39 is 5.67 Å². The van der Waals surface area contributed by atoms with E-state index in [0.29, 0.717) is 31.5 Å². The topological polar surface area (TPSA) is 63.4 Å². The minimum Gasteiger partial charge on any atom is -0.476 e. The number of nitrogens with zero attached hydrogens (tertiary/aromatic N) is 2. The van der Waals surface area contributed by atoms with Gasteiger partial charge in [0.1, 0.15) is 12.3 Å². The van der Waals surface area contributed by atoms with Crippen molar-refractivity contribution in [3.8, 4) is 5.88 Å². The van der Waals surface area contributed by atoms with Crippen molar-refractivity contribution in [3.05, 3.63) is 53.7 Å². The molecule has 4 rings (SSSR count). The third-order valence-corrected chi connectivity index (χ3v) is 6.00. The van der Waals surface area contributed by atoms with Crippen LogP contribution in [0.3, 0.4) is 0 Å². The Morgan fingerprint density at radius 2 is 2.07 bits per heavy atom. The van der Waals surface area contributed by atoms with E-state index in [9.17, 15) is 4.39 Å². The van der Waals surface area contributed by atoms with E-state index in [2.05, 4.69) is 52.5 Å². The minimum atomic E-state index is -1.28. The van der Waals surface area contributed by atoms with E-state index in [-0.39, 0.29) is 18.1 Å². The summed E-state index contributed by atoms with van der Waals surface area (Å²) in [7, 11) is 0. The normalized spacial score (nSPS) is 26.5. The van der Waals surface area contributed by atoms with Crippen LogP contribution in [0.4, 0.5) is 10.1 Å². The first kappa shape index (κ1) is 20.1. The second-order valence-electron chi connectivity index (χ2n) is 8.85. The highest BCUT2D eigenvalue weighted by Crippen LogP contribution is 2.50. The van der Waals surface area contributed by atoms with Gasteiger partial charge in [-0.15, -0.1) is 0 Å². The SMILES string of the molecule is C[C@@H]1CC2c3ccccc3NC2[C@@H](c2ccc(OCCN)nc2)N1CC(C)(C)F. The third kappa shape index (κ3) is 4.09. The van der Waals surface area contributed by atoms with Crippen LogP contribution in [0.5, 0.6) is 5.88 Å². The number of alkyl halides is 1. The molecule has 2 unspecified atom stereocenters. The van der Waals surface area contributed by atoms with Gasteiger partial charge in [0.05, 0.1) is 12.1 Å². The number of fused-ring (bicyclic) bond motifs is 3. The highest BCUT2D eigenvalue weighted by atomic mass is 19.1. The molecule has 2 aromatic rings. The Balaban J connectivity index is 1.69. The van der Waals surface area contributed by atoms with Crippen LogP contribution in [0.25, 0.3) is 0 Å². The van der Waals surface area contributed by atoms with Gasteiger partial charge in [-0.1, -0.05) is 24.3 Å². The zero-order valence-electron chi connectivity index (χ0n) is 17.4. The molecule has 29 heavy (non-hydrogen) atoms. The van der Waals surface area contributed by atoms with Gasteiger partial charge in [-0.2, -0.15) is 0 Å². The highest BCUT2D eigenvalue weighted by Gasteiger charge is 2.47. The number of nitrogens with one attached hydrogen (secondary N) is 1. The van der Waals surface area contributed by atoms with E-state index in [1.165, 1.54) is 11.3 Å². The van der Waals surface area contributed by atoms with Crippen molar-refractivity contribution in [3.63, 3.8) is 0 Å². The molecule has 2 aliphatic rings. The van der Waals surface area contributed by atoms with E-state index >= 15 is 0 Å². The van der Waals surface area contributed by atoms with Gasteiger partial charge in [-0.3, -0.25) is 4.90 Å². The number of pyridine rings is 1. The highest BCUT2D eigenvalue weighted by molar-refractivity contribution is 5.60. The van der Waals surface area contributed by atoms with Crippen LogP contribution >= 0.6 is 0 Å². The molecule has 1 saturated heterocycles.